The molecule has 0 aliphatic carbocycles. The molecule has 15 heteroatoms. The summed E-state index contributed by atoms with van der Waals surface area (Å²) in [5, 5.41) is 13.2. The normalized spacial score (nSPS) is 11.1. The summed E-state index contributed by atoms with van der Waals surface area (Å²) < 4.78 is 45.9. The molecule has 42 heavy (non-hydrogen) atoms. The lowest BCUT2D eigenvalue weighted by molar-refractivity contribution is -0.141. The van der Waals surface area contributed by atoms with Gasteiger partial charge >= 0.3 is 12.1 Å². The molecule has 3 aromatic carbocycles. The van der Waals surface area contributed by atoms with Crippen LogP contribution in [0.4, 0.5) is 53.4 Å². The van der Waals surface area contributed by atoms with E-state index in [-0.39, 0.29) is 41.7 Å². The number of aromatic nitrogens is 2. The van der Waals surface area contributed by atoms with E-state index in [1.807, 2.05) is 0 Å². The predicted octanol–water partition coefficient (Wildman–Crippen LogP) is 3.66. The Kier molecular flexibility index (Phi) is 8.69. The second-order valence-corrected chi connectivity index (χ2v) is 8.60. The summed E-state index contributed by atoms with van der Waals surface area (Å²) >= 11 is 0. The number of hydrogen-bond donors (Lipinski definition) is 5. The Labute approximate surface area is 236 Å². The van der Waals surface area contributed by atoms with Crippen LogP contribution < -0.4 is 37.4 Å². The van der Waals surface area contributed by atoms with E-state index < -0.39 is 40.3 Å². The van der Waals surface area contributed by atoms with E-state index in [0.717, 1.165) is 0 Å². The molecule has 0 saturated carbocycles. The van der Waals surface area contributed by atoms with Crippen LogP contribution in [0.1, 0.15) is 22.8 Å². The first-order valence-corrected chi connectivity index (χ1v) is 12.4. The molecular formula is C27H24F3N7O5. The molecule has 1 amide bonds. The first-order valence-electron chi connectivity index (χ1n) is 12.4. The second kappa shape index (κ2) is 12.4. The fourth-order valence-electron chi connectivity index (χ4n) is 3.76. The molecule has 0 aliphatic heterocycles. The zero-order valence-corrected chi connectivity index (χ0v) is 22.2. The molecule has 218 valence electrons. The molecule has 12 nitrogen and oxygen atoms in total. The maximum atomic E-state index is 13.7. The molecule has 0 saturated heterocycles. The van der Waals surface area contributed by atoms with Crippen molar-refractivity contribution < 1.29 is 27.5 Å². The van der Waals surface area contributed by atoms with E-state index in [4.69, 9.17) is 4.74 Å². The summed E-state index contributed by atoms with van der Waals surface area (Å²) in [5.41, 5.74) is -1.73. The molecule has 0 radical (unpaired) electrons. The van der Waals surface area contributed by atoms with Crippen molar-refractivity contribution in [2.75, 3.05) is 41.5 Å². The van der Waals surface area contributed by atoms with E-state index >= 15 is 0 Å². The summed E-state index contributed by atoms with van der Waals surface area (Å²) in [7, 11) is 1.40. The zero-order valence-electron chi connectivity index (χ0n) is 22.2. The number of amides is 1. The fourth-order valence-corrected chi connectivity index (χ4v) is 3.76. The number of halogens is 3. The molecule has 5 N–H and O–H groups in total. The predicted molar refractivity (Wildman–Crippen MR) is 150 cm³/mol. The number of ether oxygens (including phenoxy) is 1. The number of benzene rings is 2. The number of nitrogens with one attached hydrogen (secondary N) is 5. The minimum atomic E-state index is -4.78. The van der Waals surface area contributed by atoms with Gasteiger partial charge in [-0.25, -0.2) is 4.98 Å². The van der Waals surface area contributed by atoms with Crippen molar-refractivity contribution in [1.29, 1.82) is 0 Å². The molecule has 0 aliphatic rings. The number of rotatable bonds is 11. The highest BCUT2D eigenvalue weighted by atomic mass is 19.4. The molecule has 0 fully saturated rings. The summed E-state index contributed by atoms with van der Waals surface area (Å²) in [5.74, 6) is -1.83. The van der Waals surface area contributed by atoms with Crippen molar-refractivity contribution in [1.82, 2.24) is 15.3 Å². The van der Waals surface area contributed by atoms with Gasteiger partial charge in [0.25, 0.3) is 16.8 Å². The Morgan fingerprint density at radius 2 is 1.55 bits per heavy atom. The Bertz CT molecular complexity index is 1680. The third-order valence-electron chi connectivity index (χ3n) is 5.78. The quantitative estimate of drug-likeness (QED) is 0.129. The van der Waals surface area contributed by atoms with Gasteiger partial charge in [-0.15, -0.1) is 0 Å². The fraction of sp³-hybridized carbons (Fsp3) is 0.185. The summed E-state index contributed by atoms with van der Waals surface area (Å²) in [4.78, 5) is 55.4. The maximum absolute atomic E-state index is 13.7. The van der Waals surface area contributed by atoms with Crippen LogP contribution in [0.3, 0.4) is 0 Å². The van der Waals surface area contributed by atoms with Crippen molar-refractivity contribution in [3.63, 3.8) is 0 Å². The van der Waals surface area contributed by atoms with Crippen LogP contribution >= 0.6 is 0 Å². The first-order chi connectivity index (χ1) is 20.0. The lowest BCUT2D eigenvalue weighted by atomic mass is 10.1. The molecule has 4 aromatic rings. The molecule has 0 atom stereocenters. The van der Waals surface area contributed by atoms with Crippen LogP contribution in [0.5, 0.6) is 0 Å². The van der Waals surface area contributed by atoms with Gasteiger partial charge < -0.3 is 31.3 Å². The average Bonchev–Trinajstić information content (AvgIpc) is 2.97. The standard InChI is InChI=1S/C27H24F3N7O5/c1-3-42-19(38)13-32-20-21(23(40)22(20)39)34-14-8-10-15(11-9-14)35-26-33-12-17(27(28,29)30)24(37-26)36-18-7-5-4-6-16(18)25(41)31-2/h4-12,32,34H,3,13H2,1-2H3,(H,31,41)(H2,33,35,36,37). The Balaban J connectivity index is 1.51. The highest BCUT2D eigenvalue weighted by Gasteiger charge is 2.35. The van der Waals surface area contributed by atoms with Crippen LogP contribution in [-0.2, 0) is 15.7 Å². The van der Waals surface area contributed by atoms with Crippen LogP contribution in [0.25, 0.3) is 0 Å². The second-order valence-electron chi connectivity index (χ2n) is 8.60. The molecule has 1 aromatic heterocycles. The van der Waals surface area contributed by atoms with Gasteiger partial charge in [0.1, 0.15) is 29.3 Å². The Morgan fingerprint density at radius 1 is 0.905 bits per heavy atom. The monoisotopic (exact) mass is 583 g/mol. The van der Waals surface area contributed by atoms with Gasteiger partial charge in [-0.3, -0.25) is 19.2 Å². The number of alkyl halides is 3. The van der Waals surface area contributed by atoms with E-state index in [1.54, 1.807) is 19.1 Å². The largest absolute Gasteiger partial charge is 0.465 e. The topological polar surface area (TPSA) is 163 Å². The SMILES string of the molecule is CCOC(=O)CNc1c(Nc2ccc(Nc3ncc(C(F)(F)F)c(Nc4ccccc4C(=O)NC)n3)cc2)c(=O)c1=O. The number of carbonyl (C=O) groups is 2. The van der Waals surface area contributed by atoms with Gasteiger partial charge in [0, 0.05) is 24.6 Å². The highest BCUT2D eigenvalue weighted by Crippen LogP contribution is 2.36. The molecule has 1 heterocycles. The van der Waals surface area contributed by atoms with E-state index in [0.29, 0.717) is 17.6 Å². The van der Waals surface area contributed by atoms with Crippen LogP contribution in [-0.4, -0.2) is 42.0 Å². The van der Waals surface area contributed by atoms with Crippen LogP contribution in [0.2, 0.25) is 0 Å². The van der Waals surface area contributed by atoms with Crippen molar-refractivity contribution >= 4 is 52.1 Å². The van der Waals surface area contributed by atoms with Gasteiger partial charge in [0.2, 0.25) is 5.95 Å². The first kappa shape index (κ1) is 29.5. The van der Waals surface area contributed by atoms with E-state index in [2.05, 4.69) is 36.6 Å². The molecule has 0 spiro atoms. The van der Waals surface area contributed by atoms with Crippen molar-refractivity contribution in [2.45, 2.75) is 13.1 Å². The number of esters is 1. The smallest absolute Gasteiger partial charge is 0.421 e. The number of hydrogen-bond acceptors (Lipinski definition) is 11. The van der Waals surface area contributed by atoms with Gasteiger partial charge in [-0.2, -0.15) is 18.2 Å². The van der Waals surface area contributed by atoms with Crippen LogP contribution in [0.15, 0.2) is 64.3 Å². The number of carbonyl (C=O) groups excluding carboxylic acids is 2. The minimum absolute atomic E-state index is 0.0242. The number of para-hydroxylation sites is 1. The highest BCUT2D eigenvalue weighted by molar-refractivity contribution is 6.00. The van der Waals surface area contributed by atoms with E-state index in [9.17, 15) is 32.3 Å². The third-order valence-corrected chi connectivity index (χ3v) is 5.78. The number of nitrogens with zero attached hydrogens (tertiary/aromatic N) is 2. The van der Waals surface area contributed by atoms with Crippen molar-refractivity contribution in [2.24, 2.45) is 0 Å². The Morgan fingerprint density at radius 3 is 2.19 bits per heavy atom. The van der Waals surface area contributed by atoms with Gasteiger partial charge in [0.05, 0.1) is 17.9 Å². The van der Waals surface area contributed by atoms with Gasteiger partial charge in [0.15, 0.2) is 0 Å². The Hall–Kier alpha value is -5.47. The zero-order chi connectivity index (χ0) is 30.4. The lowest BCUT2D eigenvalue weighted by Crippen LogP contribution is -2.37. The average molecular weight is 584 g/mol. The van der Waals surface area contributed by atoms with Crippen molar-refractivity contribution in [3.05, 3.63) is 86.3 Å². The van der Waals surface area contributed by atoms with Gasteiger partial charge in [-0.1, -0.05) is 12.1 Å². The third kappa shape index (κ3) is 6.63. The minimum Gasteiger partial charge on any atom is -0.465 e. The molecule has 4 rings (SSSR count). The van der Waals surface area contributed by atoms with Crippen molar-refractivity contribution in [3.8, 4) is 0 Å². The van der Waals surface area contributed by atoms with Gasteiger partial charge in [-0.05, 0) is 43.3 Å². The maximum Gasteiger partial charge on any atom is 0.421 e. The molecule has 0 bridgehead atoms. The number of anilines is 7. The molecular weight excluding hydrogens is 559 g/mol. The summed E-state index contributed by atoms with van der Waals surface area (Å²) in [6, 6.07) is 12.2. The lowest BCUT2D eigenvalue weighted by Gasteiger charge is -2.17. The summed E-state index contributed by atoms with van der Waals surface area (Å²) in [6.45, 7) is 1.51. The van der Waals surface area contributed by atoms with Crippen LogP contribution in [0, 0.1) is 0 Å². The summed E-state index contributed by atoms with van der Waals surface area (Å²) in [6.07, 6.45) is -4.16. The van der Waals surface area contributed by atoms with E-state index in [1.165, 1.54) is 43.4 Å². The molecule has 0 unspecified atom stereocenters.